The average molecular weight is 338 g/mol. The standard InChI is InChI=1S/C10H13ClIN3/c1-7-8(12)9(11)14-10(13-7)15-5-3-2-4-6-15/h2-6H2,1H3. The van der Waals surface area contributed by atoms with Crippen LogP contribution in [0.25, 0.3) is 0 Å². The number of hydrogen-bond donors (Lipinski definition) is 0. The number of rotatable bonds is 1. The number of aromatic nitrogens is 2. The van der Waals surface area contributed by atoms with Crippen LogP contribution in [0.15, 0.2) is 0 Å². The zero-order chi connectivity index (χ0) is 10.8. The van der Waals surface area contributed by atoms with E-state index in [1.807, 2.05) is 6.92 Å². The van der Waals surface area contributed by atoms with Gasteiger partial charge < -0.3 is 4.90 Å². The van der Waals surface area contributed by atoms with Gasteiger partial charge in [0.1, 0.15) is 5.15 Å². The molecular formula is C10H13ClIN3. The van der Waals surface area contributed by atoms with Gasteiger partial charge >= 0.3 is 0 Å². The lowest BCUT2D eigenvalue weighted by molar-refractivity contribution is 0.567. The Bertz CT molecular complexity index is 341. The van der Waals surface area contributed by atoms with Gasteiger partial charge in [0.2, 0.25) is 5.95 Å². The van der Waals surface area contributed by atoms with Crippen LogP contribution in [0.5, 0.6) is 0 Å². The molecule has 0 amide bonds. The SMILES string of the molecule is Cc1nc(N2CCCCC2)nc(Cl)c1I. The van der Waals surface area contributed by atoms with Gasteiger partial charge in [0.05, 0.1) is 9.26 Å². The highest BCUT2D eigenvalue weighted by atomic mass is 127. The molecule has 1 aromatic heterocycles. The summed E-state index contributed by atoms with van der Waals surface area (Å²) in [5.74, 6) is 0.789. The molecule has 1 aromatic rings. The summed E-state index contributed by atoms with van der Waals surface area (Å²) in [6.45, 7) is 4.08. The van der Waals surface area contributed by atoms with E-state index in [0.29, 0.717) is 5.15 Å². The fourth-order valence-corrected chi connectivity index (χ4v) is 2.20. The molecule has 0 aliphatic carbocycles. The van der Waals surface area contributed by atoms with Crippen LogP contribution in [0.3, 0.4) is 0 Å². The highest BCUT2D eigenvalue weighted by molar-refractivity contribution is 14.1. The molecule has 1 aliphatic rings. The van der Waals surface area contributed by atoms with Crippen molar-refractivity contribution in [3.63, 3.8) is 0 Å². The van der Waals surface area contributed by atoms with Gasteiger partial charge in [-0.25, -0.2) is 4.98 Å². The van der Waals surface area contributed by atoms with E-state index in [0.717, 1.165) is 28.3 Å². The Labute approximate surface area is 108 Å². The van der Waals surface area contributed by atoms with Gasteiger partial charge in [-0.2, -0.15) is 4.98 Å². The van der Waals surface area contributed by atoms with Crippen LogP contribution in [0.4, 0.5) is 5.95 Å². The maximum Gasteiger partial charge on any atom is 0.227 e. The number of anilines is 1. The van der Waals surface area contributed by atoms with E-state index in [2.05, 4.69) is 37.5 Å². The van der Waals surface area contributed by atoms with E-state index in [9.17, 15) is 0 Å². The lowest BCUT2D eigenvalue weighted by Gasteiger charge is -2.26. The van der Waals surface area contributed by atoms with Gasteiger partial charge in [0, 0.05) is 13.1 Å². The van der Waals surface area contributed by atoms with Gasteiger partial charge in [-0.15, -0.1) is 0 Å². The highest BCUT2D eigenvalue weighted by Crippen LogP contribution is 2.23. The van der Waals surface area contributed by atoms with E-state index >= 15 is 0 Å². The van der Waals surface area contributed by atoms with Crippen LogP contribution in [0.2, 0.25) is 5.15 Å². The van der Waals surface area contributed by atoms with Gasteiger partial charge in [-0.05, 0) is 48.8 Å². The molecule has 1 saturated heterocycles. The normalized spacial score (nSPS) is 16.9. The molecule has 0 spiro atoms. The van der Waals surface area contributed by atoms with Crippen LogP contribution in [0, 0.1) is 10.5 Å². The fourth-order valence-electron chi connectivity index (χ4n) is 1.75. The molecule has 0 atom stereocenters. The van der Waals surface area contributed by atoms with Crippen molar-refractivity contribution in [3.05, 3.63) is 14.4 Å². The highest BCUT2D eigenvalue weighted by Gasteiger charge is 2.15. The summed E-state index contributed by atoms with van der Waals surface area (Å²) in [7, 11) is 0. The summed E-state index contributed by atoms with van der Waals surface area (Å²) in [5.41, 5.74) is 0.969. The lowest BCUT2D eigenvalue weighted by Crippen LogP contribution is -2.31. The van der Waals surface area contributed by atoms with Crippen LogP contribution in [-0.4, -0.2) is 23.1 Å². The monoisotopic (exact) mass is 337 g/mol. The second-order valence-electron chi connectivity index (χ2n) is 3.76. The van der Waals surface area contributed by atoms with Crippen molar-refractivity contribution < 1.29 is 0 Å². The van der Waals surface area contributed by atoms with Crippen molar-refractivity contribution in [2.45, 2.75) is 26.2 Å². The molecule has 0 unspecified atom stereocenters. The first kappa shape index (κ1) is 11.4. The molecule has 3 nitrogen and oxygen atoms in total. The Hall–Kier alpha value is -0.100. The lowest BCUT2D eigenvalue weighted by atomic mass is 10.1. The predicted octanol–water partition coefficient (Wildman–Crippen LogP) is 3.03. The van der Waals surface area contributed by atoms with Gasteiger partial charge in [0.25, 0.3) is 0 Å². The van der Waals surface area contributed by atoms with Crippen molar-refractivity contribution in [1.29, 1.82) is 0 Å². The molecule has 1 aliphatic heterocycles. The third kappa shape index (κ3) is 2.53. The smallest absolute Gasteiger partial charge is 0.227 e. The Balaban J connectivity index is 2.27. The summed E-state index contributed by atoms with van der Waals surface area (Å²) in [6.07, 6.45) is 3.77. The summed E-state index contributed by atoms with van der Waals surface area (Å²) < 4.78 is 0.954. The second-order valence-corrected chi connectivity index (χ2v) is 5.20. The Morgan fingerprint density at radius 2 is 1.87 bits per heavy atom. The number of piperidine rings is 1. The first-order chi connectivity index (χ1) is 7.18. The van der Waals surface area contributed by atoms with Crippen molar-refractivity contribution >= 4 is 40.1 Å². The molecule has 2 heterocycles. The number of aryl methyl sites for hydroxylation is 1. The van der Waals surface area contributed by atoms with E-state index < -0.39 is 0 Å². The fraction of sp³-hybridized carbons (Fsp3) is 0.600. The third-order valence-electron chi connectivity index (χ3n) is 2.60. The van der Waals surface area contributed by atoms with Crippen LogP contribution >= 0.6 is 34.2 Å². The maximum atomic E-state index is 6.05. The second kappa shape index (κ2) is 4.82. The summed E-state index contributed by atoms with van der Waals surface area (Å²) in [4.78, 5) is 11.0. The van der Waals surface area contributed by atoms with E-state index in [4.69, 9.17) is 11.6 Å². The Morgan fingerprint density at radius 3 is 2.47 bits per heavy atom. The molecule has 0 radical (unpaired) electrons. The molecule has 15 heavy (non-hydrogen) atoms. The Morgan fingerprint density at radius 1 is 1.20 bits per heavy atom. The van der Waals surface area contributed by atoms with E-state index in [1.54, 1.807) is 0 Å². The largest absolute Gasteiger partial charge is 0.341 e. The molecule has 0 N–H and O–H groups in total. The molecule has 0 aromatic carbocycles. The minimum atomic E-state index is 0.573. The predicted molar refractivity (Wildman–Crippen MR) is 70.6 cm³/mol. The maximum absolute atomic E-state index is 6.05. The number of halogens is 2. The topological polar surface area (TPSA) is 29.0 Å². The van der Waals surface area contributed by atoms with Gasteiger partial charge in [0.15, 0.2) is 0 Å². The summed E-state index contributed by atoms with van der Waals surface area (Å²) >= 11 is 8.23. The molecule has 0 saturated carbocycles. The number of nitrogens with zero attached hydrogens (tertiary/aromatic N) is 3. The first-order valence-electron chi connectivity index (χ1n) is 5.13. The summed E-state index contributed by atoms with van der Waals surface area (Å²) in [5, 5.41) is 0.573. The van der Waals surface area contributed by atoms with Crippen LogP contribution in [-0.2, 0) is 0 Å². The van der Waals surface area contributed by atoms with Crippen molar-refractivity contribution in [2.75, 3.05) is 18.0 Å². The van der Waals surface area contributed by atoms with Gasteiger partial charge in [-0.3, -0.25) is 0 Å². The minimum Gasteiger partial charge on any atom is -0.341 e. The molecule has 0 bridgehead atoms. The first-order valence-corrected chi connectivity index (χ1v) is 6.59. The van der Waals surface area contributed by atoms with E-state index in [1.165, 1.54) is 19.3 Å². The summed E-state index contributed by atoms with van der Waals surface area (Å²) in [6, 6.07) is 0. The third-order valence-corrected chi connectivity index (χ3v) is 4.49. The van der Waals surface area contributed by atoms with Crippen molar-refractivity contribution in [1.82, 2.24) is 9.97 Å². The quantitative estimate of drug-likeness (QED) is 0.583. The van der Waals surface area contributed by atoms with Crippen molar-refractivity contribution in [3.8, 4) is 0 Å². The zero-order valence-corrected chi connectivity index (χ0v) is 11.5. The average Bonchev–Trinajstić information content (AvgIpc) is 2.26. The van der Waals surface area contributed by atoms with Crippen molar-refractivity contribution in [2.24, 2.45) is 0 Å². The van der Waals surface area contributed by atoms with Crippen LogP contribution in [0.1, 0.15) is 25.0 Å². The molecule has 5 heteroatoms. The van der Waals surface area contributed by atoms with Gasteiger partial charge in [-0.1, -0.05) is 11.6 Å². The van der Waals surface area contributed by atoms with Crippen LogP contribution < -0.4 is 4.90 Å². The van der Waals surface area contributed by atoms with E-state index in [-0.39, 0.29) is 0 Å². The molecule has 1 fully saturated rings. The zero-order valence-electron chi connectivity index (χ0n) is 8.63. The molecule has 82 valence electrons. The minimum absolute atomic E-state index is 0.573. The Kier molecular flexibility index (Phi) is 3.66. The molecule has 2 rings (SSSR count). The number of hydrogen-bond acceptors (Lipinski definition) is 3. The molecular weight excluding hydrogens is 324 g/mol.